The summed E-state index contributed by atoms with van der Waals surface area (Å²) in [5.41, 5.74) is 2.77. The first-order chi connectivity index (χ1) is 16.2. The fourth-order valence-electron chi connectivity index (χ4n) is 4.66. The van der Waals surface area contributed by atoms with Gasteiger partial charge < -0.3 is 19.4 Å². The number of benzene rings is 3. The van der Waals surface area contributed by atoms with E-state index in [1.165, 1.54) is 0 Å². The van der Waals surface area contributed by atoms with E-state index in [1.807, 2.05) is 69.3 Å². The Bertz CT molecular complexity index is 1420. The molecule has 0 bridgehead atoms. The van der Waals surface area contributed by atoms with Crippen LogP contribution < -0.4 is 14.4 Å². The van der Waals surface area contributed by atoms with E-state index in [-0.39, 0.29) is 11.8 Å². The first-order valence-corrected chi connectivity index (χ1v) is 12.1. The van der Waals surface area contributed by atoms with E-state index in [2.05, 4.69) is 4.98 Å². The zero-order valence-corrected chi connectivity index (χ0v) is 21.1. The van der Waals surface area contributed by atoms with E-state index in [0.29, 0.717) is 23.1 Å². The normalized spacial score (nSPS) is 15.7. The zero-order chi connectivity index (χ0) is 24.2. The lowest BCUT2D eigenvalue weighted by atomic mass is 9.95. The van der Waals surface area contributed by atoms with Gasteiger partial charge in [0.25, 0.3) is 5.91 Å². The number of ether oxygens (including phenoxy) is 2. The predicted molar refractivity (Wildman–Crippen MR) is 139 cm³/mol. The lowest BCUT2D eigenvalue weighted by Crippen LogP contribution is -2.30. The lowest BCUT2D eigenvalue weighted by molar-refractivity contribution is 0.0984. The van der Waals surface area contributed by atoms with Crippen molar-refractivity contribution in [1.82, 2.24) is 4.98 Å². The van der Waals surface area contributed by atoms with Gasteiger partial charge in [0.05, 0.1) is 12.8 Å². The molecule has 1 aliphatic heterocycles. The molecule has 176 valence electrons. The monoisotopic (exact) mass is 496 g/mol. The van der Waals surface area contributed by atoms with Crippen molar-refractivity contribution < 1.29 is 14.3 Å². The molecule has 1 aromatic heterocycles. The third kappa shape index (κ3) is 3.97. The Morgan fingerprint density at radius 1 is 1.12 bits per heavy atom. The molecule has 0 aliphatic carbocycles. The molecule has 1 aliphatic rings. The number of nitrogens with one attached hydrogen (secondary N) is 1. The molecule has 0 saturated heterocycles. The van der Waals surface area contributed by atoms with Gasteiger partial charge in [0.1, 0.15) is 22.8 Å². The Hall–Kier alpha value is -2.89. The fourth-order valence-corrected chi connectivity index (χ4v) is 5.08. The minimum absolute atomic E-state index is 0.0160. The van der Waals surface area contributed by atoms with Crippen molar-refractivity contribution in [2.75, 3.05) is 24.4 Å². The second-order valence-corrected chi connectivity index (χ2v) is 10.4. The van der Waals surface area contributed by atoms with Crippen LogP contribution in [0.2, 0.25) is 5.02 Å². The molecule has 0 unspecified atom stereocenters. The van der Waals surface area contributed by atoms with Crippen molar-refractivity contribution in [2.24, 2.45) is 0 Å². The smallest absolute Gasteiger partial charge is 0.274 e. The Morgan fingerprint density at radius 2 is 1.91 bits per heavy atom. The summed E-state index contributed by atoms with van der Waals surface area (Å²) in [6.45, 7) is 6.51. The van der Waals surface area contributed by atoms with Crippen LogP contribution in [0.15, 0.2) is 48.5 Å². The van der Waals surface area contributed by atoms with Crippen molar-refractivity contribution in [2.45, 2.75) is 32.3 Å². The number of alkyl halides is 1. The molecule has 7 heteroatoms. The highest BCUT2D eigenvalue weighted by Gasteiger charge is 2.36. The number of hydrogen-bond acceptors (Lipinski definition) is 3. The number of H-pyrrole nitrogens is 1. The van der Waals surface area contributed by atoms with Gasteiger partial charge in [-0.3, -0.25) is 4.79 Å². The van der Waals surface area contributed by atoms with Gasteiger partial charge >= 0.3 is 0 Å². The number of amides is 1. The van der Waals surface area contributed by atoms with Crippen LogP contribution in [-0.2, 0) is 0 Å². The first-order valence-electron chi connectivity index (χ1n) is 11.2. The average Bonchev–Trinajstić information content (AvgIpc) is 3.38. The number of rotatable bonds is 4. The Kier molecular flexibility index (Phi) is 5.65. The van der Waals surface area contributed by atoms with Crippen LogP contribution in [0.1, 0.15) is 42.7 Å². The van der Waals surface area contributed by atoms with Crippen LogP contribution in [-0.4, -0.2) is 36.0 Å². The maximum absolute atomic E-state index is 13.7. The Morgan fingerprint density at radius 3 is 2.62 bits per heavy atom. The van der Waals surface area contributed by atoms with Gasteiger partial charge in [-0.15, -0.1) is 11.6 Å². The van der Waals surface area contributed by atoms with E-state index in [9.17, 15) is 4.79 Å². The average molecular weight is 497 g/mol. The van der Waals surface area contributed by atoms with Crippen LogP contribution in [0.3, 0.4) is 0 Å². The maximum atomic E-state index is 13.7. The molecule has 0 saturated carbocycles. The third-order valence-corrected chi connectivity index (χ3v) is 6.70. The summed E-state index contributed by atoms with van der Waals surface area (Å²) in [6.07, 6.45) is 0. The molecule has 1 amide bonds. The number of aromatic amines is 1. The van der Waals surface area contributed by atoms with Crippen LogP contribution >= 0.6 is 23.2 Å². The van der Waals surface area contributed by atoms with Gasteiger partial charge in [-0.1, -0.05) is 17.7 Å². The van der Waals surface area contributed by atoms with Crippen LogP contribution in [0, 0.1) is 0 Å². The van der Waals surface area contributed by atoms with Crippen molar-refractivity contribution in [3.63, 3.8) is 0 Å². The summed E-state index contributed by atoms with van der Waals surface area (Å²) < 4.78 is 11.9. The molecule has 5 nitrogen and oxygen atoms in total. The number of aromatic nitrogens is 1. The molecule has 0 radical (unpaired) electrons. The molecule has 2 heterocycles. The highest BCUT2D eigenvalue weighted by atomic mass is 35.5. The minimum Gasteiger partial charge on any atom is -0.497 e. The molecule has 34 heavy (non-hydrogen) atoms. The minimum atomic E-state index is -0.406. The molecule has 3 aromatic carbocycles. The Balaban J connectivity index is 1.68. The summed E-state index contributed by atoms with van der Waals surface area (Å²) in [5.74, 6) is 1.72. The van der Waals surface area contributed by atoms with Gasteiger partial charge in [0.15, 0.2) is 0 Å². The van der Waals surface area contributed by atoms with Gasteiger partial charge in [0, 0.05) is 45.7 Å². The highest BCUT2D eigenvalue weighted by molar-refractivity contribution is 6.31. The molecular weight excluding hydrogens is 471 g/mol. The van der Waals surface area contributed by atoms with Crippen molar-refractivity contribution in [3.05, 3.63) is 64.8 Å². The highest BCUT2D eigenvalue weighted by Crippen LogP contribution is 2.47. The van der Waals surface area contributed by atoms with Gasteiger partial charge in [-0.2, -0.15) is 0 Å². The zero-order valence-electron chi connectivity index (χ0n) is 19.5. The number of carbonyl (C=O) groups is 1. The van der Waals surface area contributed by atoms with Gasteiger partial charge in [-0.25, -0.2) is 0 Å². The van der Waals surface area contributed by atoms with Crippen molar-refractivity contribution in [3.8, 4) is 11.5 Å². The second kappa shape index (κ2) is 8.40. The van der Waals surface area contributed by atoms with Gasteiger partial charge in [0.2, 0.25) is 0 Å². The van der Waals surface area contributed by atoms with Crippen molar-refractivity contribution >= 4 is 56.5 Å². The molecular formula is C27H26Cl2N2O3. The van der Waals surface area contributed by atoms with E-state index in [4.69, 9.17) is 32.7 Å². The summed E-state index contributed by atoms with van der Waals surface area (Å²) in [6, 6.07) is 15.3. The Labute approximate surface area is 208 Å². The van der Waals surface area contributed by atoms with Gasteiger partial charge in [-0.05, 0) is 68.1 Å². The van der Waals surface area contributed by atoms with E-state index >= 15 is 0 Å². The largest absolute Gasteiger partial charge is 0.497 e. The van der Waals surface area contributed by atoms with Crippen LogP contribution in [0.4, 0.5) is 5.69 Å². The van der Waals surface area contributed by atoms with E-state index in [1.54, 1.807) is 12.0 Å². The summed E-state index contributed by atoms with van der Waals surface area (Å²) in [7, 11) is 1.65. The number of fused-ring (bicyclic) bond motifs is 4. The standard InChI is InChI=1S/C27H26Cl2N2O3/c1-27(2,3)34-24-12-23-25(20-11-18(33-4)7-8-19(20)24)16(13-28)14-31(23)26(32)22-9-15-5-6-17(29)10-21(15)30-22/h5-12,16,30H,13-14H2,1-4H3/t16-/m1/s1. The molecule has 1 N–H and O–H groups in total. The second-order valence-electron chi connectivity index (χ2n) is 9.62. The number of hydrogen-bond donors (Lipinski definition) is 1. The summed E-state index contributed by atoms with van der Waals surface area (Å²) >= 11 is 12.6. The summed E-state index contributed by atoms with van der Waals surface area (Å²) in [5, 5.41) is 3.51. The maximum Gasteiger partial charge on any atom is 0.274 e. The number of anilines is 1. The number of methoxy groups -OCH3 is 1. The number of halogens is 2. The molecule has 1 atom stereocenters. The summed E-state index contributed by atoms with van der Waals surface area (Å²) in [4.78, 5) is 18.8. The fraction of sp³-hybridized carbons (Fsp3) is 0.296. The molecule has 0 spiro atoms. The molecule has 4 aromatic rings. The SMILES string of the molecule is COc1ccc2c(OC(C)(C)C)cc3c(c2c1)[C@H](CCl)CN3C(=O)c1cc2ccc(Cl)cc2[nH]1. The number of nitrogens with zero attached hydrogens (tertiary/aromatic N) is 1. The molecule has 5 rings (SSSR count). The quantitative estimate of drug-likeness (QED) is 0.305. The van der Waals surface area contributed by atoms with Crippen LogP contribution in [0.25, 0.3) is 21.7 Å². The van der Waals surface area contributed by atoms with E-state index < -0.39 is 5.60 Å². The number of carbonyl (C=O) groups excluding carboxylic acids is 1. The first kappa shape index (κ1) is 22.9. The third-order valence-electron chi connectivity index (χ3n) is 6.09. The lowest BCUT2D eigenvalue weighted by Gasteiger charge is -2.25. The van der Waals surface area contributed by atoms with E-state index in [0.717, 1.165) is 44.4 Å². The van der Waals surface area contributed by atoms with Crippen molar-refractivity contribution in [1.29, 1.82) is 0 Å². The predicted octanol–water partition coefficient (Wildman–Crippen LogP) is 7.14. The molecule has 0 fully saturated rings. The topological polar surface area (TPSA) is 54.6 Å². The van der Waals surface area contributed by atoms with Crippen LogP contribution in [0.5, 0.6) is 11.5 Å².